The van der Waals surface area contributed by atoms with Crippen molar-refractivity contribution in [1.82, 2.24) is 4.90 Å². The van der Waals surface area contributed by atoms with Crippen LogP contribution in [0.5, 0.6) is 0 Å². The first kappa shape index (κ1) is 18.3. The number of likely N-dealkylation sites (tertiary alicyclic amines) is 1. The minimum Gasteiger partial charge on any atom is -0.444 e. The van der Waals surface area contributed by atoms with E-state index in [0.717, 1.165) is 0 Å². The second kappa shape index (κ2) is 5.51. The molecular formula is C15H25F3N2O3. The van der Waals surface area contributed by atoms with E-state index in [1.54, 1.807) is 20.8 Å². The highest BCUT2D eigenvalue weighted by molar-refractivity contribution is 5.70. The number of alkyl halides is 3. The molecule has 1 aliphatic carbocycles. The van der Waals surface area contributed by atoms with Gasteiger partial charge in [-0.1, -0.05) is 0 Å². The average Bonchev–Trinajstić information content (AvgIpc) is 2.31. The van der Waals surface area contributed by atoms with Gasteiger partial charge >= 0.3 is 12.3 Å². The van der Waals surface area contributed by atoms with Gasteiger partial charge in [-0.3, -0.25) is 0 Å². The molecule has 2 fully saturated rings. The predicted molar refractivity (Wildman–Crippen MR) is 77.7 cm³/mol. The van der Waals surface area contributed by atoms with E-state index in [2.05, 4.69) is 0 Å². The summed E-state index contributed by atoms with van der Waals surface area (Å²) < 4.78 is 44.0. The summed E-state index contributed by atoms with van der Waals surface area (Å²) in [6, 6.07) is 0. The van der Waals surface area contributed by atoms with Gasteiger partial charge in [-0.15, -0.1) is 0 Å². The predicted octanol–water partition coefficient (Wildman–Crippen LogP) is 2.42. The first-order valence-electron chi connectivity index (χ1n) is 7.82. The molecule has 23 heavy (non-hydrogen) atoms. The maximum Gasteiger partial charge on any atom is 0.410 e. The summed E-state index contributed by atoms with van der Waals surface area (Å²) in [6.07, 6.45) is -4.80. The van der Waals surface area contributed by atoms with E-state index < -0.39 is 41.3 Å². The third-order valence-corrected chi connectivity index (χ3v) is 4.71. The fraction of sp³-hybridized carbons (Fsp3) is 0.933. The average molecular weight is 338 g/mol. The Balaban J connectivity index is 2.01. The Morgan fingerprint density at radius 1 is 1.30 bits per heavy atom. The zero-order valence-electron chi connectivity index (χ0n) is 13.7. The fourth-order valence-corrected chi connectivity index (χ4v) is 3.37. The van der Waals surface area contributed by atoms with Crippen molar-refractivity contribution in [2.75, 3.05) is 13.1 Å². The molecule has 2 unspecified atom stereocenters. The largest absolute Gasteiger partial charge is 0.444 e. The minimum atomic E-state index is -4.33. The molecule has 0 aromatic carbocycles. The highest BCUT2D eigenvalue weighted by atomic mass is 19.4. The van der Waals surface area contributed by atoms with Crippen LogP contribution in [0.25, 0.3) is 0 Å². The van der Waals surface area contributed by atoms with Crippen LogP contribution in [0.2, 0.25) is 0 Å². The molecule has 3 N–H and O–H groups in total. The highest BCUT2D eigenvalue weighted by Crippen LogP contribution is 2.47. The zero-order chi connectivity index (χ0) is 17.7. The number of halogens is 3. The molecule has 1 saturated carbocycles. The Morgan fingerprint density at radius 3 is 2.35 bits per heavy atom. The number of ether oxygens (including phenoxy) is 1. The lowest BCUT2D eigenvalue weighted by Crippen LogP contribution is -2.79. The number of amides is 1. The topological polar surface area (TPSA) is 75.8 Å². The van der Waals surface area contributed by atoms with Gasteiger partial charge in [-0.05, 0) is 46.5 Å². The fourth-order valence-electron chi connectivity index (χ4n) is 3.37. The van der Waals surface area contributed by atoms with Crippen molar-refractivity contribution >= 4 is 6.09 Å². The van der Waals surface area contributed by atoms with Crippen molar-refractivity contribution in [3.05, 3.63) is 0 Å². The van der Waals surface area contributed by atoms with Crippen LogP contribution in [0.1, 0.15) is 46.5 Å². The molecule has 134 valence electrons. The minimum absolute atomic E-state index is 0.00297. The molecule has 2 aliphatic rings. The smallest absolute Gasteiger partial charge is 0.410 e. The number of carbonyl (C=O) groups excluding carboxylic acids is 1. The number of nitrogens with two attached hydrogens (primary N) is 1. The number of hydrogen-bond acceptors (Lipinski definition) is 4. The number of aliphatic hydroxyl groups is 1. The van der Waals surface area contributed by atoms with Crippen molar-refractivity contribution < 1.29 is 27.8 Å². The van der Waals surface area contributed by atoms with E-state index in [9.17, 15) is 23.1 Å². The summed E-state index contributed by atoms with van der Waals surface area (Å²) >= 11 is 0. The van der Waals surface area contributed by atoms with E-state index in [0.29, 0.717) is 0 Å². The second-order valence-corrected chi connectivity index (χ2v) is 7.86. The zero-order valence-corrected chi connectivity index (χ0v) is 13.7. The molecule has 5 nitrogen and oxygen atoms in total. The van der Waals surface area contributed by atoms with Gasteiger partial charge in [-0.2, -0.15) is 13.2 Å². The van der Waals surface area contributed by atoms with Crippen LogP contribution in [0.3, 0.4) is 0 Å². The molecule has 2 rings (SSSR count). The van der Waals surface area contributed by atoms with Crippen molar-refractivity contribution in [1.29, 1.82) is 0 Å². The Kier molecular flexibility index (Phi) is 4.39. The van der Waals surface area contributed by atoms with Crippen molar-refractivity contribution in [2.24, 2.45) is 11.7 Å². The summed E-state index contributed by atoms with van der Waals surface area (Å²) in [4.78, 5) is 13.2. The van der Waals surface area contributed by atoms with Crippen LogP contribution in [-0.4, -0.2) is 52.1 Å². The molecule has 0 radical (unpaired) electrons. The summed E-state index contributed by atoms with van der Waals surface area (Å²) in [6.45, 7) is 5.18. The van der Waals surface area contributed by atoms with Gasteiger partial charge in [0.05, 0.1) is 17.1 Å². The standard InChI is InChI=1S/C15H25F3N2O3/c1-12(2,3)23-11(21)20-8-13(19,9-20)14(22)6-4-5-10(7-14)15(16,17)18/h10,22H,4-9,19H2,1-3H3. The van der Waals surface area contributed by atoms with Crippen LogP contribution in [0, 0.1) is 5.92 Å². The Bertz CT molecular complexity index is 470. The molecule has 2 atom stereocenters. The Morgan fingerprint density at radius 2 is 1.87 bits per heavy atom. The van der Waals surface area contributed by atoms with E-state index >= 15 is 0 Å². The maximum absolute atomic E-state index is 12.9. The molecule has 0 spiro atoms. The third-order valence-electron chi connectivity index (χ3n) is 4.71. The lowest BCUT2D eigenvalue weighted by atomic mass is 9.64. The van der Waals surface area contributed by atoms with Gasteiger partial charge < -0.3 is 20.5 Å². The van der Waals surface area contributed by atoms with Crippen LogP contribution in [0.15, 0.2) is 0 Å². The van der Waals surface area contributed by atoms with E-state index in [1.807, 2.05) is 0 Å². The molecule has 0 bridgehead atoms. The van der Waals surface area contributed by atoms with Crippen LogP contribution in [-0.2, 0) is 4.74 Å². The first-order chi connectivity index (χ1) is 10.3. The molecule has 0 aromatic rings. The molecule has 1 heterocycles. The van der Waals surface area contributed by atoms with Crippen molar-refractivity contribution in [3.8, 4) is 0 Å². The highest BCUT2D eigenvalue weighted by Gasteiger charge is 2.60. The monoisotopic (exact) mass is 338 g/mol. The molecular weight excluding hydrogens is 313 g/mol. The maximum atomic E-state index is 12.9. The lowest BCUT2D eigenvalue weighted by molar-refractivity contribution is -0.216. The summed E-state index contributed by atoms with van der Waals surface area (Å²) in [5, 5.41) is 10.7. The molecule has 1 aliphatic heterocycles. The third kappa shape index (κ3) is 3.74. The number of hydrogen-bond donors (Lipinski definition) is 2. The normalized spacial score (nSPS) is 31.5. The molecule has 1 saturated heterocycles. The molecule has 8 heteroatoms. The second-order valence-electron chi connectivity index (χ2n) is 7.86. The molecule has 1 amide bonds. The van der Waals surface area contributed by atoms with Gasteiger partial charge in [-0.25, -0.2) is 4.79 Å². The number of carbonyl (C=O) groups is 1. The van der Waals surface area contributed by atoms with Crippen LogP contribution in [0.4, 0.5) is 18.0 Å². The van der Waals surface area contributed by atoms with Gasteiger partial charge in [0.15, 0.2) is 0 Å². The quantitative estimate of drug-likeness (QED) is 0.770. The lowest BCUT2D eigenvalue weighted by Gasteiger charge is -2.57. The van der Waals surface area contributed by atoms with Gasteiger partial charge in [0.1, 0.15) is 5.60 Å². The molecule has 0 aromatic heterocycles. The Labute approximate surface area is 134 Å². The number of rotatable bonds is 1. The summed E-state index contributed by atoms with van der Waals surface area (Å²) in [5.41, 5.74) is 2.66. The van der Waals surface area contributed by atoms with E-state index in [1.165, 1.54) is 4.90 Å². The van der Waals surface area contributed by atoms with E-state index in [-0.39, 0.29) is 32.4 Å². The van der Waals surface area contributed by atoms with Gasteiger partial charge in [0, 0.05) is 13.1 Å². The summed E-state index contributed by atoms with van der Waals surface area (Å²) in [7, 11) is 0. The SMILES string of the molecule is CC(C)(C)OC(=O)N1CC(N)(C2(O)CCCC(C(F)(F)F)C2)C1. The van der Waals surface area contributed by atoms with Gasteiger partial charge in [0.25, 0.3) is 0 Å². The van der Waals surface area contributed by atoms with Crippen molar-refractivity contribution in [3.63, 3.8) is 0 Å². The van der Waals surface area contributed by atoms with Crippen LogP contribution >= 0.6 is 0 Å². The summed E-state index contributed by atoms with van der Waals surface area (Å²) in [5.74, 6) is -1.54. The Hall–Kier alpha value is -1.02. The number of nitrogens with zero attached hydrogens (tertiary/aromatic N) is 1. The first-order valence-corrected chi connectivity index (χ1v) is 7.82. The van der Waals surface area contributed by atoms with Crippen LogP contribution < -0.4 is 5.73 Å². The van der Waals surface area contributed by atoms with E-state index in [4.69, 9.17) is 10.5 Å². The van der Waals surface area contributed by atoms with Gasteiger partial charge in [0.2, 0.25) is 0 Å². The van der Waals surface area contributed by atoms with Crippen molar-refractivity contribution in [2.45, 2.75) is 69.4 Å².